The van der Waals surface area contributed by atoms with Crippen LogP contribution in [0.15, 0.2) is 97.1 Å². The van der Waals surface area contributed by atoms with Gasteiger partial charge in [-0.2, -0.15) is 5.26 Å². The van der Waals surface area contributed by atoms with Crippen molar-refractivity contribution in [3.63, 3.8) is 0 Å². The third-order valence-electron chi connectivity index (χ3n) is 5.59. The van der Waals surface area contributed by atoms with Crippen LogP contribution in [0.3, 0.4) is 0 Å². The van der Waals surface area contributed by atoms with Gasteiger partial charge in [-0.1, -0.05) is 66.7 Å². The molecular weight excluding hydrogens is 350 g/mol. The van der Waals surface area contributed by atoms with Crippen LogP contribution in [0.4, 0.5) is 0 Å². The lowest BCUT2D eigenvalue weighted by Crippen LogP contribution is -1.85. The standard InChI is InChI=1S/C28H19N/c1-19-14-26(17-25-4-2-3-5-28(19)25)24-13-11-22-10-12-23(15-27(22)16-24)21-8-6-20(18-29)7-9-21/h2-17H,1H3. The molecule has 1 nitrogen and oxygen atoms in total. The molecule has 0 radical (unpaired) electrons. The van der Waals surface area contributed by atoms with Crippen LogP contribution in [0.25, 0.3) is 43.8 Å². The second-order valence-corrected chi connectivity index (χ2v) is 7.48. The van der Waals surface area contributed by atoms with E-state index in [0.717, 1.165) is 11.1 Å². The second-order valence-electron chi connectivity index (χ2n) is 7.48. The Kier molecular flexibility index (Phi) is 4.12. The third kappa shape index (κ3) is 3.16. The summed E-state index contributed by atoms with van der Waals surface area (Å²) in [5, 5.41) is 14.0. The summed E-state index contributed by atoms with van der Waals surface area (Å²) in [6.45, 7) is 2.18. The van der Waals surface area contributed by atoms with Crippen LogP contribution in [0.2, 0.25) is 0 Å². The molecule has 0 amide bonds. The van der Waals surface area contributed by atoms with Gasteiger partial charge in [0.2, 0.25) is 0 Å². The van der Waals surface area contributed by atoms with Gasteiger partial charge >= 0.3 is 0 Å². The predicted octanol–water partition coefficient (Wildman–Crippen LogP) is 7.51. The molecule has 0 aliphatic carbocycles. The number of rotatable bonds is 2. The predicted molar refractivity (Wildman–Crippen MR) is 122 cm³/mol. The average Bonchev–Trinajstić information content (AvgIpc) is 2.78. The first-order chi connectivity index (χ1) is 14.2. The van der Waals surface area contributed by atoms with Crippen molar-refractivity contribution in [2.75, 3.05) is 0 Å². The van der Waals surface area contributed by atoms with E-state index in [1.165, 1.54) is 38.2 Å². The lowest BCUT2D eigenvalue weighted by atomic mass is 9.94. The van der Waals surface area contributed by atoms with Crippen molar-refractivity contribution in [1.29, 1.82) is 5.26 Å². The summed E-state index contributed by atoms with van der Waals surface area (Å²) in [6.07, 6.45) is 0. The smallest absolute Gasteiger partial charge is 0.0991 e. The van der Waals surface area contributed by atoms with Gasteiger partial charge in [0.15, 0.2) is 0 Å². The van der Waals surface area contributed by atoms with Crippen LogP contribution in [-0.2, 0) is 0 Å². The normalized spacial score (nSPS) is 10.9. The summed E-state index contributed by atoms with van der Waals surface area (Å²) in [6, 6.07) is 36.2. The molecule has 5 aromatic carbocycles. The Balaban J connectivity index is 1.61. The number of fused-ring (bicyclic) bond motifs is 2. The number of nitrogens with zero attached hydrogens (tertiary/aromatic N) is 1. The maximum absolute atomic E-state index is 9.01. The number of benzene rings is 5. The van der Waals surface area contributed by atoms with Crippen molar-refractivity contribution in [1.82, 2.24) is 0 Å². The first-order valence-corrected chi connectivity index (χ1v) is 9.75. The van der Waals surface area contributed by atoms with E-state index in [2.05, 4.69) is 85.8 Å². The van der Waals surface area contributed by atoms with Crippen molar-refractivity contribution in [2.24, 2.45) is 0 Å². The van der Waals surface area contributed by atoms with Crippen LogP contribution in [0.5, 0.6) is 0 Å². The molecule has 29 heavy (non-hydrogen) atoms. The zero-order valence-corrected chi connectivity index (χ0v) is 16.2. The van der Waals surface area contributed by atoms with Gasteiger partial charge in [0, 0.05) is 0 Å². The highest BCUT2D eigenvalue weighted by Crippen LogP contribution is 2.31. The van der Waals surface area contributed by atoms with Gasteiger partial charge in [0.1, 0.15) is 0 Å². The summed E-state index contributed by atoms with van der Waals surface area (Å²) >= 11 is 0. The minimum absolute atomic E-state index is 0.684. The van der Waals surface area contributed by atoms with Crippen molar-refractivity contribution in [3.8, 4) is 28.3 Å². The Hall–Kier alpha value is -3.89. The van der Waals surface area contributed by atoms with Gasteiger partial charge in [-0.15, -0.1) is 0 Å². The van der Waals surface area contributed by atoms with Gasteiger partial charge in [0.25, 0.3) is 0 Å². The lowest BCUT2D eigenvalue weighted by molar-refractivity contribution is 1.48. The number of hydrogen-bond donors (Lipinski definition) is 0. The second kappa shape index (κ2) is 6.93. The molecule has 5 rings (SSSR count). The molecule has 0 heterocycles. The first-order valence-electron chi connectivity index (χ1n) is 9.75. The first kappa shape index (κ1) is 17.2. The molecule has 0 saturated heterocycles. The molecule has 0 bridgehead atoms. The van der Waals surface area contributed by atoms with Gasteiger partial charge in [-0.25, -0.2) is 0 Å². The van der Waals surface area contributed by atoms with Crippen molar-refractivity contribution >= 4 is 21.5 Å². The van der Waals surface area contributed by atoms with Crippen LogP contribution < -0.4 is 0 Å². The lowest BCUT2D eigenvalue weighted by Gasteiger charge is -2.10. The van der Waals surface area contributed by atoms with Crippen LogP contribution in [0.1, 0.15) is 11.1 Å². The van der Waals surface area contributed by atoms with E-state index >= 15 is 0 Å². The maximum Gasteiger partial charge on any atom is 0.0991 e. The summed E-state index contributed by atoms with van der Waals surface area (Å²) in [5.41, 5.74) is 6.73. The van der Waals surface area contributed by atoms with Gasteiger partial charge < -0.3 is 0 Å². The molecule has 0 saturated carbocycles. The van der Waals surface area contributed by atoms with E-state index in [0.29, 0.717) is 5.56 Å². The highest BCUT2D eigenvalue weighted by Gasteiger charge is 2.06. The number of hydrogen-bond acceptors (Lipinski definition) is 1. The zero-order valence-electron chi connectivity index (χ0n) is 16.2. The molecule has 5 aromatic rings. The summed E-state index contributed by atoms with van der Waals surface area (Å²) in [7, 11) is 0. The maximum atomic E-state index is 9.01. The molecule has 0 atom stereocenters. The summed E-state index contributed by atoms with van der Waals surface area (Å²) in [4.78, 5) is 0. The van der Waals surface area contributed by atoms with E-state index in [1.807, 2.05) is 24.3 Å². The highest BCUT2D eigenvalue weighted by atomic mass is 14.2. The Morgan fingerprint density at radius 2 is 1.17 bits per heavy atom. The SMILES string of the molecule is Cc1cc(-c2ccc3ccc(-c4ccc(C#N)cc4)cc3c2)cc2ccccc12. The minimum Gasteiger partial charge on any atom is -0.192 e. The van der Waals surface area contributed by atoms with Crippen molar-refractivity contribution < 1.29 is 0 Å². The van der Waals surface area contributed by atoms with E-state index in [9.17, 15) is 0 Å². The van der Waals surface area contributed by atoms with Crippen molar-refractivity contribution in [3.05, 3.63) is 108 Å². The molecule has 0 aliphatic rings. The Labute approximate surface area is 170 Å². The zero-order chi connectivity index (χ0) is 19.8. The molecular formula is C28H19N. The van der Waals surface area contributed by atoms with Gasteiger partial charge in [0.05, 0.1) is 11.6 Å². The Bertz CT molecular complexity index is 1400. The van der Waals surface area contributed by atoms with E-state index in [4.69, 9.17) is 5.26 Å². The molecule has 0 aliphatic heterocycles. The molecule has 0 spiro atoms. The fourth-order valence-corrected chi connectivity index (χ4v) is 4.01. The summed E-state index contributed by atoms with van der Waals surface area (Å²) < 4.78 is 0. The third-order valence-corrected chi connectivity index (χ3v) is 5.59. The Morgan fingerprint density at radius 3 is 1.90 bits per heavy atom. The fraction of sp³-hybridized carbons (Fsp3) is 0.0357. The summed E-state index contributed by atoms with van der Waals surface area (Å²) in [5.74, 6) is 0. The Morgan fingerprint density at radius 1 is 0.552 bits per heavy atom. The van der Waals surface area contributed by atoms with Crippen LogP contribution >= 0.6 is 0 Å². The van der Waals surface area contributed by atoms with E-state index < -0.39 is 0 Å². The highest BCUT2D eigenvalue weighted by molar-refractivity contribution is 5.94. The van der Waals surface area contributed by atoms with Gasteiger partial charge in [-0.3, -0.25) is 0 Å². The van der Waals surface area contributed by atoms with Crippen molar-refractivity contribution in [2.45, 2.75) is 6.92 Å². The average molecular weight is 369 g/mol. The number of aryl methyl sites for hydroxylation is 1. The number of nitriles is 1. The van der Waals surface area contributed by atoms with Crippen LogP contribution in [0, 0.1) is 18.3 Å². The molecule has 0 fully saturated rings. The minimum atomic E-state index is 0.684. The molecule has 136 valence electrons. The van der Waals surface area contributed by atoms with Gasteiger partial charge in [-0.05, 0) is 86.6 Å². The molecule has 0 unspecified atom stereocenters. The largest absolute Gasteiger partial charge is 0.192 e. The molecule has 0 N–H and O–H groups in total. The van der Waals surface area contributed by atoms with Crippen LogP contribution in [-0.4, -0.2) is 0 Å². The van der Waals surface area contributed by atoms with E-state index in [-0.39, 0.29) is 0 Å². The fourth-order valence-electron chi connectivity index (χ4n) is 4.01. The molecule has 0 aromatic heterocycles. The van der Waals surface area contributed by atoms with E-state index in [1.54, 1.807) is 0 Å². The quantitative estimate of drug-likeness (QED) is 0.316. The topological polar surface area (TPSA) is 23.8 Å². The molecule has 1 heteroatoms. The monoisotopic (exact) mass is 369 g/mol.